The molecule has 0 amide bonds. The van der Waals surface area contributed by atoms with Gasteiger partial charge in [0, 0.05) is 6.42 Å². The minimum Gasteiger partial charge on any atom is -0.342 e. The van der Waals surface area contributed by atoms with Gasteiger partial charge >= 0.3 is 0 Å². The van der Waals surface area contributed by atoms with Gasteiger partial charge in [0.15, 0.2) is 0 Å². The van der Waals surface area contributed by atoms with Crippen LogP contribution in [0.1, 0.15) is 59.3 Å². The van der Waals surface area contributed by atoms with Gasteiger partial charge in [0.1, 0.15) is 0 Å². The van der Waals surface area contributed by atoms with Crippen molar-refractivity contribution in [2.24, 2.45) is 0 Å². The molecule has 0 aromatic heterocycles. The normalized spacial score (nSPS) is 11.2. The molecule has 0 aromatic carbocycles. The molecule has 0 unspecified atom stereocenters. The maximum Gasteiger partial charge on any atom is 0.00495 e. The van der Waals surface area contributed by atoms with Crippen molar-refractivity contribution in [3.63, 3.8) is 0 Å². The molecular formula is C15H25B-. The number of hydrogen-bond acceptors (Lipinski definition) is 0. The summed E-state index contributed by atoms with van der Waals surface area (Å²) in [6, 6.07) is 0. The van der Waals surface area contributed by atoms with E-state index in [2.05, 4.69) is 56.6 Å². The van der Waals surface area contributed by atoms with Gasteiger partial charge in [-0.1, -0.05) is 33.6 Å². The van der Waals surface area contributed by atoms with Gasteiger partial charge in [0.25, 0.3) is 0 Å². The lowest BCUT2D eigenvalue weighted by Crippen LogP contribution is -2.02. The Hall–Kier alpha value is -0.895. The molecule has 0 heterocycles. The second-order valence-electron chi connectivity index (χ2n) is 3.98. The molecule has 89 valence electrons. The molecule has 0 nitrogen and oxygen atoms in total. The van der Waals surface area contributed by atoms with E-state index in [1.165, 1.54) is 19.3 Å². The van der Waals surface area contributed by atoms with Crippen molar-refractivity contribution in [3.8, 4) is 11.7 Å². The van der Waals surface area contributed by atoms with E-state index in [0.717, 1.165) is 19.3 Å². The quantitative estimate of drug-likeness (QED) is 0.331. The Kier molecular flexibility index (Phi) is 11.5. The molecule has 1 radical (unpaired) electrons. The van der Waals surface area contributed by atoms with Crippen LogP contribution in [0.25, 0.3) is 0 Å². The fourth-order valence-corrected chi connectivity index (χ4v) is 1.38. The van der Waals surface area contributed by atoms with Crippen molar-refractivity contribution in [2.75, 3.05) is 0 Å². The monoisotopic (exact) mass is 216 g/mol. The summed E-state index contributed by atoms with van der Waals surface area (Å²) in [7, 11) is 0. The molecule has 0 aliphatic carbocycles. The van der Waals surface area contributed by atoms with Crippen molar-refractivity contribution in [3.05, 3.63) is 24.1 Å². The van der Waals surface area contributed by atoms with Crippen LogP contribution in [0.5, 0.6) is 0 Å². The van der Waals surface area contributed by atoms with Crippen LogP contribution in [0.2, 0.25) is 0 Å². The van der Waals surface area contributed by atoms with Gasteiger partial charge in [0.05, 0.1) is 0 Å². The Bertz CT molecular complexity index is 238. The molecule has 0 spiro atoms. The van der Waals surface area contributed by atoms with E-state index >= 15 is 0 Å². The number of hydrogen-bond donors (Lipinski definition) is 0. The van der Waals surface area contributed by atoms with Gasteiger partial charge in [-0.25, -0.2) is 0 Å². The number of allylic oxidation sites excluding steroid dienone is 2. The van der Waals surface area contributed by atoms with E-state index in [9.17, 15) is 0 Å². The highest BCUT2D eigenvalue weighted by Crippen LogP contribution is 1.97. The number of rotatable bonds is 7. The molecule has 0 fully saturated rings. The fourth-order valence-electron chi connectivity index (χ4n) is 1.38. The largest absolute Gasteiger partial charge is 0.342 e. The molecule has 0 rings (SSSR count). The zero-order chi connectivity index (χ0) is 12.1. The molecule has 0 atom stereocenters. The maximum absolute atomic E-state index is 3.32. The molecule has 16 heavy (non-hydrogen) atoms. The second kappa shape index (κ2) is 12.2. The van der Waals surface area contributed by atoms with Crippen LogP contribution in [-0.4, -0.2) is 6.71 Å². The number of unbranched alkanes of at least 4 members (excludes halogenated alkanes) is 3. The fraction of sp³-hybridized carbons (Fsp3) is 0.600. The average molecular weight is 216 g/mol. The van der Waals surface area contributed by atoms with Crippen LogP contribution in [-0.2, 0) is 0 Å². The Morgan fingerprint density at radius 1 is 0.938 bits per heavy atom. The Morgan fingerprint density at radius 3 is 2.06 bits per heavy atom. The topological polar surface area (TPSA) is 0 Å². The summed E-state index contributed by atoms with van der Waals surface area (Å²) in [4.78, 5) is 0. The molecular weight excluding hydrogens is 191 g/mol. The van der Waals surface area contributed by atoms with Crippen LogP contribution < -0.4 is 0 Å². The first-order valence-corrected chi connectivity index (χ1v) is 6.66. The van der Waals surface area contributed by atoms with Gasteiger partial charge in [-0.15, -0.1) is 12.2 Å². The summed E-state index contributed by atoms with van der Waals surface area (Å²) < 4.78 is 0. The third-order valence-corrected chi connectivity index (χ3v) is 2.33. The first-order chi connectivity index (χ1) is 7.85. The zero-order valence-electron chi connectivity index (χ0n) is 11.1. The summed E-state index contributed by atoms with van der Waals surface area (Å²) in [6.45, 7) is 6.86. The van der Waals surface area contributed by atoms with Crippen LogP contribution >= 0.6 is 0 Å². The third-order valence-electron chi connectivity index (χ3n) is 2.33. The van der Waals surface area contributed by atoms with E-state index in [1.807, 2.05) is 0 Å². The van der Waals surface area contributed by atoms with E-state index in [4.69, 9.17) is 0 Å². The van der Waals surface area contributed by atoms with Crippen LogP contribution in [0, 0.1) is 11.7 Å². The molecule has 0 aliphatic rings. The zero-order valence-corrected chi connectivity index (χ0v) is 11.1. The SMILES string of the molecule is CC/C=C/[B-](C#CCCCCC)/C=C/CC. The summed E-state index contributed by atoms with van der Waals surface area (Å²) >= 11 is 0. The molecule has 0 saturated carbocycles. The van der Waals surface area contributed by atoms with Gasteiger partial charge < -0.3 is 5.82 Å². The van der Waals surface area contributed by atoms with Crippen molar-refractivity contribution >= 4 is 6.71 Å². The third kappa shape index (κ3) is 9.65. The van der Waals surface area contributed by atoms with Crippen LogP contribution in [0.4, 0.5) is 0 Å². The molecule has 0 saturated heterocycles. The summed E-state index contributed by atoms with van der Waals surface area (Å²) in [5, 5.41) is 0. The van der Waals surface area contributed by atoms with Crippen molar-refractivity contribution in [1.29, 1.82) is 0 Å². The summed E-state index contributed by atoms with van der Waals surface area (Å²) in [6.07, 6.45) is 11.4. The summed E-state index contributed by atoms with van der Waals surface area (Å²) in [5.41, 5.74) is 0. The lowest BCUT2D eigenvalue weighted by atomic mass is 9.50. The Morgan fingerprint density at radius 2 is 1.56 bits per heavy atom. The highest BCUT2D eigenvalue weighted by Gasteiger charge is 1.82. The lowest BCUT2D eigenvalue weighted by Gasteiger charge is -2.08. The maximum atomic E-state index is 3.32. The van der Waals surface area contributed by atoms with E-state index in [-0.39, 0.29) is 0 Å². The smallest absolute Gasteiger partial charge is 0.00495 e. The van der Waals surface area contributed by atoms with Crippen molar-refractivity contribution in [2.45, 2.75) is 59.3 Å². The molecule has 0 N–H and O–H groups in total. The molecule has 0 aliphatic heterocycles. The van der Waals surface area contributed by atoms with Gasteiger partial charge in [-0.05, 0) is 26.0 Å². The predicted molar refractivity (Wildman–Crippen MR) is 76.5 cm³/mol. The molecule has 1 heteroatoms. The van der Waals surface area contributed by atoms with E-state index in [0.29, 0.717) is 6.71 Å². The van der Waals surface area contributed by atoms with Crippen molar-refractivity contribution < 1.29 is 0 Å². The standard InChI is InChI=1S/C15H25B/c1-4-7-10-11-12-15-16(13-8-5-2)14-9-6-3/h8-9,13-14H,4-7,10-11H2,1-3H3/q-1/b13-8+,14-9+. The van der Waals surface area contributed by atoms with Crippen LogP contribution in [0.3, 0.4) is 0 Å². The highest BCUT2D eigenvalue weighted by molar-refractivity contribution is 6.77. The predicted octanol–water partition coefficient (Wildman–Crippen LogP) is 4.61. The minimum absolute atomic E-state index is 0.321. The van der Waals surface area contributed by atoms with Crippen molar-refractivity contribution in [1.82, 2.24) is 0 Å². The Balaban J connectivity index is 4.08. The Labute approximate surface area is 102 Å². The first kappa shape index (κ1) is 15.1. The van der Waals surface area contributed by atoms with Gasteiger partial charge in [-0.2, -0.15) is 5.92 Å². The highest BCUT2D eigenvalue weighted by atomic mass is 13.8. The summed E-state index contributed by atoms with van der Waals surface area (Å²) in [5.74, 6) is 11.0. The average Bonchev–Trinajstić information content (AvgIpc) is 2.31. The molecule has 0 aromatic rings. The van der Waals surface area contributed by atoms with E-state index in [1.54, 1.807) is 0 Å². The minimum atomic E-state index is 0.321. The molecule has 0 bridgehead atoms. The first-order valence-electron chi connectivity index (χ1n) is 6.66. The van der Waals surface area contributed by atoms with Crippen LogP contribution in [0.15, 0.2) is 24.1 Å². The lowest BCUT2D eigenvalue weighted by molar-refractivity contribution is 0.737. The van der Waals surface area contributed by atoms with Gasteiger partial charge in [-0.3, -0.25) is 12.0 Å². The second-order valence-corrected chi connectivity index (χ2v) is 3.98. The van der Waals surface area contributed by atoms with Gasteiger partial charge in [0.2, 0.25) is 0 Å². The van der Waals surface area contributed by atoms with E-state index < -0.39 is 0 Å².